The standard InChI is InChI=1S/C16H22N2/c1-4-14-5-7-15(8-6-14)12-18-10-9-16(17)11-13(2)3/h5-11H,4,12,17H2,1-3H3/b16-9+,18-10+. The van der Waals surface area contributed by atoms with Crippen LogP contribution in [0, 0.1) is 0 Å². The Labute approximate surface area is 110 Å². The van der Waals surface area contributed by atoms with Gasteiger partial charge in [-0.15, -0.1) is 0 Å². The number of benzene rings is 1. The molecule has 96 valence electrons. The summed E-state index contributed by atoms with van der Waals surface area (Å²) in [4.78, 5) is 4.33. The van der Waals surface area contributed by atoms with Gasteiger partial charge in [0.15, 0.2) is 0 Å². The molecule has 0 aliphatic heterocycles. The number of hydrogen-bond acceptors (Lipinski definition) is 2. The van der Waals surface area contributed by atoms with Crippen LogP contribution in [0.5, 0.6) is 0 Å². The molecular weight excluding hydrogens is 220 g/mol. The van der Waals surface area contributed by atoms with Crippen molar-refractivity contribution in [3.8, 4) is 0 Å². The highest BCUT2D eigenvalue weighted by Crippen LogP contribution is 2.05. The number of nitrogens with two attached hydrogens (primary N) is 1. The van der Waals surface area contributed by atoms with Gasteiger partial charge in [-0.25, -0.2) is 0 Å². The Hall–Kier alpha value is -1.83. The zero-order valence-corrected chi connectivity index (χ0v) is 11.5. The number of nitrogens with zero attached hydrogens (tertiary/aromatic N) is 1. The summed E-state index contributed by atoms with van der Waals surface area (Å²) in [5.41, 5.74) is 10.3. The molecule has 1 rings (SSSR count). The van der Waals surface area contributed by atoms with Crippen LogP contribution in [0.25, 0.3) is 0 Å². The Morgan fingerprint density at radius 3 is 2.33 bits per heavy atom. The Balaban J connectivity index is 2.51. The normalized spacial score (nSPS) is 11.8. The minimum absolute atomic E-state index is 0.697. The predicted octanol–water partition coefficient (Wildman–Crippen LogP) is 3.63. The summed E-state index contributed by atoms with van der Waals surface area (Å²) in [5.74, 6) is 0. The molecule has 0 amide bonds. The van der Waals surface area contributed by atoms with E-state index in [4.69, 9.17) is 5.73 Å². The second-order valence-corrected chi connectivity index (χ2v) is 4.55. The fraction of sp³-hybridized carbons (Fsp3) is 0.312. The van der Waals surface area contributed by atoms with Crippen LogP contribution in [0.3, 0.4) is 0 Å². The quantitative estimate of drug-likeness (QED) is 0.621. The minimum atomic E-state index is 0.697. The number of hydrogen-bond donors (Lipinski definition) is 1. The van der Waals surface area contributed by atoms with E-state index < -0.39 is 0 Å². The van der Waals surface area contributed by atoms with E-state index in [9.17, 15) is 0 Å². The van der Waals surface area contributed by atoms with Gasteiger partial charge in [0.1, 0.15) is 0 Å². The summed E-state index contributed by atoms with van der Waals surface area (Å²) in [6, 6.07) is 8.55. The SMILES string of the molecule is CCc1ccc(C/N=C/C=C(/N)C=C(C)C)cc1. The van der Waals surface area contributed by atoms with Crippen LogP contribution in [0.1, 0.15) is 31.9 Å². The van der Waals surface area contributed by atoms with E-state index in [0.29, 0.717) is 6.54 Å². The van der Waals surface area contributed by atoms with Gasteiger partial charge in [-0.05, 0) is 43.5 Å². The molecule has 1 aromatic rings. The van der Waals surface area contributed by atoms with Gasteiger partial charge in [-0.1, -0.05) is 36.8 Å². The van der Waals surface area contributed by atoms with E-state index in [1.165, 1.54) is 16.7 Å². The van der Waals surface area contributed by atoms with E-state index in [0.717, 1.165) is 12.1 Å². The van der Waals surface area contributed by atoms with Gasteiger partial charge in [0.2, 0.25) is 0 Å². The molecule has 0 atom stereocenters. The third kappa shape index (κ3) is 5.48. The zero-order chi connectivity index (χ0) is 13.4. The molecule has 0 saturated carbocycles. The van der Waals surface area contributed by atoms with Crippen LogP contribution in [0.4, 0.5) is 0 Å². The highest BCUT2D eigenvalue weighted by atomic mass is 14.7. The van der Waals surface area contributed by atoms with E-state index in [1.54, 1.807) is 6.21 Å². The number of aryl methyl sites for hydroxylation is 1. The van der Waals surface area contributed by atoms with Crippen molar-refractivity contribution in [1.29, 1.82) is 0 Å². The van der Waals surface area contributed by atoms with Crippen molar-refractivity contribution in [2.75, 3.05) is 0 Å². The lowest BCUT2D eigenvalue weighted by atomic mass is 10.1. The fourth-order valence-electron chi connectivity index (χ4n) is 1.56. The highest BCUT2D eigenvalue weighted by Gasteiger charge is 1.91. The molecule has 0 heterocycles. The largest absolute Gasteiger partial charge is 0.399 e. The maximum atomic E-state index is 5.79. The van der Waals surface area contributed by atoms with Crippen LogP contribution in [0.2, 0.25) is 0 Å². The van der Waals surface area contributed by atoms with Gasteiger partial charge < -0.3 is 5.73 Å². The van der Waals surface area contributed by atoms with Crippen LogP contribution < -0.4 is 5.73 Å². The van der Waals surface area contributed by atoms with E-state index in [2.05, 4.69) is 36.2 Å². The van der Waals surface area contributed by atoms with Gasteiger partial charge in [0.25, 0.3) is 0 Å². The van der Waals surface area contributed by atoms with Gasteiger partial charge >= 0.3 is 0 Å². The molecule has 0 fully saturated rings. The average Bonchev–Trinajstić information content (AvgIpc) is 2.34. The maximum absolute atomic E-state index is 5.79. The molecule has 0 aliphatic carbocycles. The lowest BCUT2D eigenvalue weighted by Gasteiger charge is -1.98. The Kier molecular flexibility index (Phi) is 5.92. The van der Waals surface area contributed by atoms with Crippen LogP contribution in [-0.4, -0.2) is 6.21 Å². The molecule has 2 N–H and O–H groups in total. The molecule has 0 aliphatic rings. The molecule has 0 spiro atoms. The lowest BCUT2D eigenvalue weighted by molar-refractivity contribution is 1.06. The zero-order valence-electron chi connectivity index (χ0n) is 11.5. The molecule has 0 unspecified atom stereocenters. The monoisotopic (exact) mass is 242 g/mol. The summed E-state index contributed by atoms with van der Waals surface area (Å²) in [6.45, 7) is 6.90. The summed E-state index contributed by atoms with van der Waals surface area (Å²) in [6.07, 6.45) is 6.60. The fourth-order valence-corrected chi connectivity index (χ4v) is 1.56. The van der Waals surface area contributed by atoms with E-state index in [-0.39, 0.29) is 0 Å². The number of allylic oxidation sites excluding steroid dienone is 3. The summed E-state index contributed by atoms with van der Waals surface area (Å²) < 4.78 is 0. The topological polar surface area (TPSA) is 38.4 Å². The highest BCUT2D eigenvalue weighted by molar-refractivity contribution is 5.72. The molecule has 0 saturated heterocycles. The molecule has 0 bridgehead atoms. The van der Waals surface area contributed by atoms with Gasteiger partial charge in [-0.2, -0.15) is 0 Å². The van der Waals surface area contributed by atoms with E-state index in [1.807, 2.05) is 26.0 Å². The molecule has 2 heteroatoms. The first-order valence-corrected chi connectivity index (χ1v) is 6.30. The van der Waals surface area contributed by atoms with Crippen molar-refractivity contribution in [3.63, 3.8) is 0 Å². The van der Waals surface area contributed by atoms with Crippen LogP contribution in [0.15, 0.2) is 52.7 Å². The van der Waals surface area contributed by atoms with Gasteiger partial charge in [0.05, 0.1) is 6.54 Å². The van der Waals surface area contributed by atoms with Crippen molar-refractivity contribution in [1.82, 2.24) is 0 Å². The average molecular weight is 242 g/mol. The minimum Gasteiger partial charge on any atom is -0.399 e. The second kappa shape index (κ2) is 7.49. The molecular formula is C16H22N2. The lowest BCUT2D eigenvalue weighted by Crippen LogP contribution is -1.93. The smallest absolute Gasteiger partial charge is 0.0639 e. The second-order valence-electron chi connectivity index (χ2n) is 4.55. The van der Waals surface area contributed by atoms with Crippen LogP contribution >= 0.6 is 0 Å². The molecule has 2 nitrogen and oxygen atoms in total. The summed E-state index contributed by atoms with van der Waals surface area (Å²) >= 11 is 0. The van der Waals surface area contributed by atoms with Crippen molar-refractivity contribution < 1.29 is 0 Å². The van der Waals surface area contributed by atoms with Crippen molar-refractivity contribution in [2.24, 2.45) is 10.7 Å². The first-order chi connectivity index (χ1) is 8.61. The third-order valence-electron chi connectivity index (χ3n) is 2.53. The predicted molar refractivity (Wildman–Crippen MR) is 79.7 cm³/mol. The first-order valence-electron chi connectivity index (χ1n) is 6.30. The number of rotatable bonds is 5. The Bertz CT molecular complexity index is 446. The van der Waals surface area contributed by atoms with Crippen molar-refractivity contribution in [2.45, 2.75) is 33.7 Å². The molecule has 18 heavy (non-hydrogen) atoms. The summed E-state index contributed by atoms with van der Waals surface area (Å²) in [5, 5.41) is 0. The number of aliphatic imine (C=N–C) groups is 1. The molecule has 0 radical (unpaired) electrons. The van der Waals surface area contributed by atoms with Gasteiger partial charge in [0, 0.05) is 11.9 Å². The van der Waals surface area contributed by atoms with Crippen LogP contribution in [-0.2, 0) is 13.0 Å². The molecule has 1 aromatic carbocycles. The van der Waals surface area contributed by atoms with Crippen molar-refractivity contribution in [3.05, 3.63) is 58.8 Å². The Morgan fingerprint density at radius 1 is 1.17 bits per heavy atom. The third-order valence-corrected chi connectivity index (χ3v) is 2.53. The van der Waals surface area contributed by atoms with Gasteiger partial charge in [-0.3, -0.25) is 4.99 Å². The van der Waals surface area contributed by atoms with E-state index >= 15 is 0 Å². The Morgan fingerprint density at radius 2 is 1.78 bits per heavy atom. The van der Waals surface area contributed by atoms with Crippen molar-refractivity contribution >= 4 is 6.21 Å². The molecule has 0 aromatic heterocycles. The first kappa shape index (κ1) is 14.2. The summed E-state index contributed by atoms with van der Waals surface area (Å²) in [7, 11) is 0. The maximum Gasteiger partial charge on any atom is 0.0639 e.